The van der Waals surface area contributed by atoms with Gasteiger partial charge in [-0.1, -0.05) is 0 Å². The van der Waals surface area contributed by atoms with Gasteiger partial charge in [-0.05, 0) is 24.3 Å². The molecule has 0 radical (unpaired) electrons. The average molecular weight is 205 g/mol. The fourth-order valence-electron chi connectivity index (χ4n) is 1.40. The predicted molar refractivity (Wildman–Crippen MR) is 59.7 cm³/mol. The Bertz CT molecular complexity index is 451. The maximum atomic E-state index is 13.2. The van der Waals surface area contributed by atoms with Gasteiger partial charge in [-0.15, -0.1) is 0 Å². The molecule has 0 bridgehead atoms. The van der Waals surface area contributed by atoms with Crippen molar-refractivity contribution in [2.45, 2.75) is 0 Å². The number of nitrogens with one attached hydrogen (secondary N) is 1. The molecule has 4 heteroatoms. The van der Waals surface area contributed by atoms with Crippen molar-refractivity contribution in [2.24, 2.45) is 0 Å². The van der Waals surface area contributed by atoms with E-state index in [4.69, 9.17) is 5.73 Å². The largest absolute Gasteiger partial charge is 0.396 e. The Hall–Kier alpha value is -1.97. The normalized spacial score (nSPS) is 10.3. The summed E-state index contributed by atoms with van der Waals surface area (Å²) in [6.07, 6.45) is 3.66. The standard InChI is InChI=1S/C11H12FN3/c1-15(9-4-5-14-7-9)8-2-3-11(13)10(12)6-8/h2-7,14H,13H2,1H3. The van der Waals surface area contributed by atoms with Crippen LogP contribution in [0.3, 0.4) is 0 Å². The first kappa shape index (κ1) is 9.58. The Morgan fingerprint density at radius 3 is 2.67 bits per heavy atom. The molecule has 3 N–H and O–H groups in total. The van der Waals surface area contributed by atoms with Gasteiger partial charge in [0.2, 0.25) is 0 Å². The molecule has 2 rings (SSSR count). The molecule has 78 valence electrons. The number of benzene rings is 1. The lowest BCUT2D eigenvalue weighted by atomic mass is 10.2. The molecule has 1 heterocycles. The maximum Gasteiger partial charge on any atom is 0.148 e. The molecule has 1 aromatic carbocycles. The second kappa shape index (κ2) is 3.65. The molecule has 0 aliphatic heterocycles. The van der Waals surface area contributed by atoms with E-state index in [9.17, 15) is 4.39 Å². The number of aromatic nitrogens is 1. The zero-order valence-electron chi connectivity index (χ0n) is 8.37. The van der Waals surface area contributed by atoms with Crippen LogP contribution in [-0.4, -0.2) is 12.0 Å². The summed E-state index contributed by atoms with van der Waals surface area (Å²) in [7, 11) is 1.87. The third kappa shape index (κ3) is 1.79. The Morgan fingerprint density at radius 2 is 2.07 bits per heavy atom. The first-order valence-corrected chi connectivity index (χ1v) is 4.60. The molecule has 0 saturated carbocycles. The Kier molecular flexibility index (Phi) is 2.33. The molecule has 2 aromatic rings. The Labute approximate surface area is 87.3 Å². The number of nitrogen functional groups attached to an aromatic ring is 1. The summed E-state index contributed by atoms with van der Waals surface area (Å²) < 4.78 is 13.2. The van der Waals surface area contributed by atoms with Crippen molar-refractivity contribution in [3.8, 4) is 0 Å². The number of aromatic amines is 1. The van der Waals surface area contributed by atoms with Gasteiger partial charge in [-0.3, -0.25) is 0 Å². The van der Waals surface area contributed by atoms with Crippen molar-refractivity contribution in [1.29, 1.82) is 0 Å². The number of anilines is 3. The van der Waals surface area contributed by atoms with Crippen molar-refractivity contribution < 1.29 is 4.39 Å². The van der Waals surface area contributed by atoms with E-state index in [1.165, 1.54) is 6.07 Å². The SMILES string of the molecule is CN(c1cc[nH]c1)c1ccc(N)c(F)c1. The van der Waals surface area contributed by atoms with Crippen molar-refractivity contribution in [3.63, 3.8) is 0 Å². The molecule has 0 amide bonds. The number of halogens is 1. The third-order valence-corrected chi connectivity index (χ3v) is 2.34. The third-order valence-electron chi connectivity index (χ3n) is 2.34. The van der Waals surface area contributed by atoms with Crippen LogP contribution >= 0.6 is 0 Å². The summed E-state index contributed by atoms with van der Waals surface area (Å²) >= 11 is 0. The van der Waals surface area contributed by atoms with Crippen LogP contribution in [0.1, 0.15) is 0 Å². The lowest BCUT2D eigenvalue weighted by Gasteiger charge is -2.17. The van der Waals surface area contributed by atoms with Gasteiger partial charge in [0.15, 0.2) is 0 Å². The molecule has 3 nitrogen and oxygen atoms in total. The highest BCUT2D eigenvalue weighted by Crippen LogP contribution is 2.25. The van der Waals surface area contributed by atoms with Gasteiger partial charge in [0.25, 0.3) is 0 Å². The van der Waals surface area contributed by atoms with Crippen LogP contribution < -0.4 is 10.6 Å². The van der Waals surface area contributed by atoms with Crippen molar-refractivity contribution in [3.05, 3.63) is 42.5 Å². The maximum absolute atomic E-state index is 13.2. The molecule has 0 spiro atoms. The monoisotopic (exact) mass is 205 g/mol. The molecule has 15 heavy (non-hydrogen) atoms. The molecular formula is C11H12FN3. The zero-order chi connectivity index (χ0) is 10.8. The summed E-state index contributed by atoms with van der Waals surface area (Å²) in [6, 6.07) is 6.68. The van der Waals surface area contributed by atoms with Gasteiger partial charge in [0, 0.05) is 25.1 Å². The summed E-state index contributed by atoms with van der Waals surface area (Å²) in [5.41, 5.74) is 7.31. The smallest absolute Gasteiger partial charge is 0.148 e. The van der Waals surface area contributed by atoms with Gasteiger partial charge in [0.05, 0.1) is 11.4 Å². The van der Waals surface area contributed by atoms with Gasteiger partial charge < -0.3 is 15.6 Å². The zero-order valence-corrected chi connectivity index (χ0v) is 8.37. The van der Waals surface area contributed by atoms with Crippen LogP contribution in [0.4, 0.5) is 21.5 Å². The molecule has 1 aromatic heterocycles. The Balaban J connectivity index is 2.34. The van der Waals surface area contributed by atoms with E-state index in [0.29, 0.717) is 0 Å². The lowest BCUT2D eigenvalue weighted by Crippen LogP contribution is -2.08. The number of hydrogen-bond donors (Lipinski definition) is 2. The number of rotatable bonds is 2. The Morgan fingerprint density at radius 1 is 1.27 bits per heavy atom. The van der Waals surface area contributed by atoms with Crippen LogP contribution in [0.2, 0.25) is 0 Å². The summed E-state index contributed by atoms with van der Waals surface area (Å²) in [6.45, 7) is 0. The van der Waals surface area contributed by atoms with E-state index >= 15 is 0 Å². The van der Waals surface area contributed by atoms with Crippen LogP contribution in [-0.2, 0) is 0 Å². The minimum absolute atomic E-state index is 0.168. The van der Waals surface area contributed by atoms with E-state index < -0.39 is 5.82 Å². The molecule has 0 aliphatic rings. The van der Waals surface area contributed by atoms with Gasteiger partial charge >= 0.3 is 0 Å². The van der Waals surface area contributed by atoms with Crippen LogP contribution in [0.25, 0.3) is 0 Å². The highest BCUT2D eigenvalue weighted by Gasteiger charge is 2.06. The number of H-pyrrole nitrogens is 1. The minimum atomic E-state index is -0.394. The molecule has 0 fully saturated rings. The highest BCUT2D eigenvalue weighted by atomic mass is 19.1. The molecule has 0 unspecified atom stereocenters. The first-order valence-electron chi connectivity index (χ1n) is 4.60. The first-order chi connectivity index (χ1) is 7.18. The number of nitrogens with two attached hydrogens (primary N) is 1. The second-order valence-corrected chi connectivity index (χ2v) is 3.33. The van der Waals surface area contributed by atoms with Crippen molar-refractivity contribution >= 4 is 17.1 Å². The fraction of sp³-hybridized carbons (Fsp3) is 0.0909. The van der Waals surface area contributed by atoms with Crippen LogP contribution in [0, 0.1) is 5.82 Å². The quantitative estimate of drug-likeness (QED) is 0.740. The number of nitrogens with zero attached hydrogens (tertiary/aromatic N) is 1. The molecular weight excluding hydrogens is 193 g/mol. The summed E-state index contributed by atoms with van der Waals surface area (Å²) in [5.74, 6) is -0.394. The number of hydrogen-bond acceptors (Lipinski definition) is 2. The van der Waals surface area contributed by atoms with E-state index in [-0.39, 0.29) is 5.69 Å². The fourth-order valence-corrected chi connectivity index (χ4v) is 1.40. The van der Waals surface area contributed by atoms with E-state index in [1.807, 2.05) is 30.4 Å². The minimum Gasteiger partial charge on any atom is -0.396 e. The van der Waals surface area contributed by atoms with Crippen molar-refractivity contribution in [2.75, 3.05) is 17.7 Å². The highest BCUT2D eigenvalue weighted by molar-refractivity contribution is 5.63. The predicted octanol–water partition coefficient (Wildman–Crippen LogP) is 2.50. The van der Waals surface area contributed by atoms with Crippen LogP contribution in [0.5, 0.6) is 0 Å². The van der Waals surface area contributed by atoms with Gasteiger partial charge in [-0.2, -0.15) is 0 Å². The lowest BCUT2D eigenvalue weighted by molar-refractivity contribution is 0.632. The van der Waals surface area contributed by atoms with E-state index in [0.717, 1.165) is 11.4 Å². The van der Waals surface area contributed by atoms with E-state index in [1.54, 1.807) is 12.1 Å². The van der Waals surface area contributed by atoms with Gasteiger partial charge in [-0.25, -0.2) is 4.39 Å². The van der Waals surface area contributed by atoms with E-state index in [2.05, 4.69) is 4.98 Å². The second-order valence-electron chi connectivity index (χ2n) is 3.33. The topological polar surface area (TPSA) is 45.0 Å². The van der Waals surface area contributed by atoms with Gasteiger partial charge in [0.1, 0.15) is 5.82 Å². The van der Waals surface area contributed by atoms with Crippen molar-refractivity contribution in [1.82, 2.24) is 4.98 Å². The average Bonchev–Trinajstić information content (AvgIpc) is 2.74. The molecule has 0 aliphatic carbocycles. The molecule has 0 atom stereocenters. The molecule has 0 saturated heterocycles. The van der Waals surface area contributed by atoms with Crippen LogP contribution in [0.15, 0.2) is 36.7 Å². The summed E-state index contributed by atoms with van der Waals surface area (Å²) in [4.78, 5) is 4.82. The summed E-state index contributed by atoms with van der Waals surface area (Å²) in [5, 5.41) is 0.